The number of ether oxygens (including phenoxy) is 3. The van der Waals surface area contributed by atoms with E-state index in [9.17, 15) is 4.79 Å². The summed E-state index contributed by atoms with van der Waals surface area (Å²) in [4.78, 5) is 11.9. The number of anilines is 1. The van der Waals surface area contributed by atoms with Gasteiger partial charge in [0.15, 0.2) is 5.75 Å². The first kappa shape index (κ1) is 19.5. The minimum atomic E-state index is -0.307. The third kappa shape index (κ3) is 8.06. The summed E-state index contributed by atoms with van der Waals surface area (Å²) >= 11 is 6.13. The summed E-state index contributed by atoms with van der Waals surface area (Å²) in [6.07, 6.45) is 0.758. The van der Waals surface area contributed by atoms with E-state index >= 15 is 0 Å². The molecule has 0 aliphatic carbocycles. The van der Waals surface area contributed by atoms with Gasteiger partial charge in [-0.1, -0.05) is 17.7 Å². The third-order valence-corrected chi connectivity index (χ3v) is 3.15. The topological polar surface area (TPSA) is 68.8 Å². The number of amides is 2. The number of halogens is 1. The lowest BCUT2D eigenvalue weighted by atomic mass is 10.3. The van der Waals surface area contributed by atoms with E-state index in [0.717, 1.165) is 6.42 Å². The molecule has 2 N–H and O–H groups in total. The molecule has 130 valence electrons. The number of hydrogen-bond acceptors (Lipinski definition) is 4. The molecule has 0 unspecified atom stereocenters. The number of carbonyl (C=O) groups is 1. The van der Waals surface area contributed by atoms with Crippen LogP contribution in [0.5, 0.6) is 5.75 Å². The standard InChI is InChI=1S/C16H25ClN2O4/c1-3-21-10-6-9-18-16(20)19-14-8-5-7-13(17)15(14)23-12-11-22-4-2/h5,7-8H,3-4,6,9-12H2,1-2H3,(H2,18,19,20). The van der Waals surface area contributed by atoms with Crippen LogP contribution in [0.4, 0.5) is 10.5 Å². The molecular formula is C16H25ClN2O4. The fourth-order valence-electron chi connectivity index (χ4n) is 1.79. The Balaban J connectivity index is 2.48. The second-order valence-corrected chi connectivity index (χ2v) is 5.00. The van der Waals surface area contributed by atoms with Crippen molar-refractivity contribution < 1.29 is 19.0 Å². The second kappa shape index (κ2) is 12.0. The van der Waals surface area contributed by atoms with Crippen LogP contribution in [0.25, 0.3) is 0 Å². The summed E-state index contributed by atoms with van der Waals surface area (Å²) in [6, 6.07) is 4.89. The molecule has 2 amide bonds. The smallest absolute Gasteiger partial charge is 0.319 e. The molecule has 0 radical (unpaired) electrons. The largest absolute Gasteiger partial charge is 0.487 e. The fourth-order valence-corrected chi connectivity index (χ4v) is 2.02. The van der Waals surface area contributed by atoms with Gasteiger partial charge in [0.2, 0.25) is 0 Å². The minimum Gasteiger partial charge on any atom is -0.487 e. The van der Waals surface area contributed by atoms with E-state index < -0.39 is 0 Å². The highest BCUT2D eigenvalue weighted by atomic mass is 35.5. The summed E-state index contributed by atoms with van der Waals surface area (Å²) < 4.78 is 16.0. The van der Waals surface area contributed by atoms with Gasteiger partial charge in [0.1, 0.15) is 6.61 Å². The first-order valence-corrected chi connectivity index (χ1v) is 8.18. The highest BCUT2D eigenvalue weighted by Gasteiger charge is 2.11. The normalized spacial score (nSPS) is 10.4. The molecule has 0 spiro atoms. The van der Waals surface area contributed by atoms with Gasteiger partial charge in [-0.25, -0.2) is 4.79 Å². The van der Waals surface area contributed by atoms with Crippen molar-refractivity contribution in [2.45, 2.75) is 20.3 Å². The molecular weight excluding hydrogens is 320 g/mol. The summed E-state index contributed by atoms with van der Waals surface area (Å²) in [7, 11) is 0. The van der Waals surface area contributed by atoms with Gasteiger partial charge in [-0.2, -0.15) is 0 Å². The number of benzene rings is 1. The zero-order valence-electron chi connectivity index (χ0n) is 13.7. The summed E-state index contributed by atoms with van der Waals surface area (Å²) in [5.41, 5.74) is 0.524. The second-order valence-electron chi connectivity index (χ2n) is 4.59. The first-order valence-electron chi connectivity index (χ1n) is 7.80. The van der Waals surface area contributed by atoms with Gasteiger partial charge in [0, 0.05) is 26.4 Å². The summed E-state index contributed by atoms with van der Waals surface area (Å²) in [5.74, 6) is 0.443. The maximum atomic E-state index is 11.9. The number of para-hydroxylation sites is 1. The van der Waals surface area contributed by atoms with E-state index in [4.69, 9.17) is 25.8 Å². The Morgan fingerprint density at radius 2 is 1.87 bits per heavy atom. The van der Waals surface area contributed by atoms with Gasteiger partial charge >= 0.3 is 6.03 Å². The lowest BCUT2D eigenvalue weighted by Gasteiger charge is -2.14. The van der Waals surface area contributed by atoms with Crippen molar-refractivity contribution >= 4 is 23.3 Å². The van der Waals surface area contributed by atoms with E-state index in [1.165, 1.54) is 0 Å². The van der Waals surface area contributed by atoms with Crippen molar-refractivity contribution in [2.75, 3.05) is 44.9 Å². The minimum absolute atomic E-state index is 0.307. The average molecular weight is 345 g/mol. The van der Waals surface area contributed by atoms with Gasteiger partial charge in [0.05, 0.1) is 17.3 Å². The van der Waals surface area contributed by atoms with Crippen LogP contribution < -0.4 is 15.4 Å². The first-order chi connectivity index (χ1) is 11.2. The van der Waals surface area contributed by atoms with Crippen LogP contribution in [-0.2, 0) is 9.47 Å². The van der Waals surface area contributed by atoms with Crippen LogP contribution in [0.2, 0.25) is 5.02 Å². The van der Waals surface area contributed by atoms with E-state index in [1.807, 2.05) is 13.8 Å². The predicted molar refractivity (Wildman–Crippen MR) is 91.6 cm³/mol. The number of hydrogen-bond donors (Lipinski definition) is 2. The number of rotatable bonds is 11. The van der Waals surface area contributed by atoms with Gasteiger partial charge in [-0.05, 0) is 32.4 Å². The van der Waals surface area contributed by atoms with Crippen LogP contribution in [0, 0.1) is 0 Å². The SMILES string of the molecule is CCOCCCNC(=O)Nc1cccc(Cl)c1OCCOCC. The Bertz CT molecular complexity index is 471. The van der Waals surface area contributed by atoms with Crippen LogP contribution >= 0.6 is 11.6 Å². The van der Waals surface area contributed by atoms with Crippen LogP contribution in [0.15, 0.2) is 18.2 Å². The molecule has 0 fully saturated rings. The van der Waals surface area contributed by atoms with Crippen molar-refractivity contribution in [1.29, 1.82) is 0 Å². The molecule has 0 aromatic heterocycles. The molecule has 0 bridgehead atoms. The maximum absolute atomic E-state index is 11.9. The Labute approximate surface area is 142 Å². The highest BCUT2D eigenvalue weighted by molar-refractivity contribution is 6.32. The highest BCUT2D eigenvalue weighted by Crippen LogP contribution is 2.32. The zero-order chi connectivity index (χ0) is 16.9. The summed E-state index contributed by atoms with van der Waals surface area (Å²) in [5, 5.41) is 5.94. The van der Waals surface area contributed by atoms with Crippen LogP contribution in [0.1, 0.15) is 20.3 Å². The molecule has 0 aliphatic heterocycles. The molecule has 1 aromatic rings. The van der Waals surface area contributed by atoms with Crippen LogP contribution in [0.3, 0.4) is 0 Å². The lowest BCUT2D eigenvalue weighted by molar-refractivity contribution is 0.110. The van der Waals surface area contributed by atoms with Gasteiger partial charge in [0.25, 0.3) is 0 Å². The molecule has 0 aliphatic rings. The molecule has 0 saturated carbocycles. The van der Waals surface area contributed by atoms with Crippen molar-refractivity contribution in [3.63, 3.8) is 0 Å². The van der Waals surface area contributed by atoms with Gasteiger partial charge in [-0.3, -0.25) is 0 Å². The van der Waals surface area contributed by atoms with E-state index in [-0.39, 0.29) is 6.03 Å². The Hall–Kier alpha value is -1.50. The quantitative estimate of drug-likeness (QED) is 0.604. The molecule has 6 nitrogen and oxygen atoms in total. The number of nitrogens with one attached hydrogen (secondary N) is 2. The molecule has 1 aromatic carbocycles. The molecule has 23 heavy (non-hydrogen) atoms. The van der Waals surface area contributed by atoms with Crippen molar-refractivity contribution in [2.24, 2.45) is 0 Å². The summed E-state index contributed by atoms with van der Waals surface area (Å²) in [6.45, 7) is 7.14. The van der Waals surface area contributed by atoms with Gasteiger partial charge < -0.3 is 24.8 Å². The average Bonchev–Trinajstić information content (AvgIpc) is 2.53. The molecule has 0 heterocycles. The predicted octanol–water partition coefficient (Wildman–Crippen LogP) is 3.30. The lowest BCUT2D eigenvalue weighted by Crippen LogP contribution is -2.30. The van der Waals surface area contributed by atoms with Crippen molar-refractivity contribution in [1.82, 2.24) is 5.32 Å². The monoisotopic (exact) mass is 344 g/mol. The van der Waals surface area contributed by atoms with Gasteiger partial charge in [-0.15, -0.1) is 0 Å². The number of urea groups is 1. The number of carbonyl (C=O) groups excluding carboxylic acids is 1. The fraction of sp³-hybridized carbons (Fsp3) is 0.562. The van der Waals surface area contributed by atoms with E-state index in [0.29, 0.717) is 56.0 Å². The third-order valence-electron chi connectivity index (χ3n) is 2.85. The Morgan fingerprint density at radius 3 is 2.61 bits per heavy atom. The molecule has 0 saturated heterocycles. The van der Waals surface area contributed by atoms with Crippen LogP contribution in [-0.4, -0.2) is 45.6 Å². The van der Waals surface area contributed by atoms with Crippen molar-refractivity contribution in [3.8, 4) is 5.75 Å². The molecule has 1 rings (SSSR count). The molecule has 7 heteroatoms. The maximum Gasteiger partial charge on any atom is 0.319 e. The molecule has 0 atom stereocenters. The van der Waals surface area contributed by atoms with Crippen molar-refractivity contribution in [3.05, 3.63) is 23.2 Å². The van der Waals surface area contributed by atoms with E-state index in [1.54, 1.807) is 18.2 Å². The Kier molecular flexibility index (Phi) is 10.2. The van der Waals surface area contributed by atoms with E-state index in [2.05, 4.69) is 10.6 Å². The Morgan fingerprint density at radius 1 is 1.13 bits per heavy atom. The zero-order valence-corrected chi connectivity index (χ0v) is 14.4.